The lowest BCUT2D eigenvalue weighted by Crippen LogP contribution is -2.38. The van der Waals surface area contributed by atoms with E-state index in [0.717, 1.165) is 5.56 Å². The molecule has 184 valence electrons. The van der Waals surface area contributed by atoms with Gasteiger partial charge in [-0.15, -0.1) is 0 Å². The maximum atomic E-state index is 12.6. The highest BCUT2D eigenvalue weighted by Crippen LogP contribution is 2.36. The number of hydrogen-bond donors (Lipinski definition) is 1. The average molecular weight is 505 g/mol. The lowest BCUT2D eigenvalue weighted by Gasteiger charge is -2.21. The van der Waals surface area contributed by atoms with Crippen LogP contribution < -0.4 is 5.32 Å². The Labute approximate surface area is 198 Å². The zero-order valence-electron chi connectivity index (χ0n) is 18.1. The Morgan fingerprint density at radius 3 is 2.46 bits per heavy atom. The van der Waals surface area contributed by atoms with Gasteiger partial charge in [-0.05, 0) is 19.1 Å². The summed E-state index contributed by atoms with van der Waals surface area (Å²) in [7, 11) is -4.17. The van der Waals surface area contributed by atoms with Crippen molar-refractivity contribution in [2.24, 2.45) is 0 Å². The molecule has 0 radical (unpaired) electrons. The number of carbonyl (C=O) groups is 3. The molecule has 0 unspecified atom stereocenters. The van der Waals surface area contributed by atoms with Crippen molar-refractivity contribution in [2.75, 3.05) is 11.9 Å². The van der Waals surface area contributed by atoms with E-state index in [2.05, 4.69) is 20.3 Å². The van der Waals surface area contributed by atoms with E-state index in [1.54, 1.807) is 19.1 Å². The van der Waals surface area contributed by atoms with Crippen LogP contribution in [0, 0.1) is 6.92 Å². The predicted octanol–water partition coefficient (Wildman–Crippen LogP) is 0.0891. The summed E-state index contributed by atoms with van der Waals surface area (Å²) in [4.78, 5) is 45.4. The Kier molecular flexibility index (Phi) is 6.99. The molecule has 1 amide bonds. The van der Waals surface area contributed by atoms with Crippen LogP contribution in [0.5, 0.6) is 0 Å². The third-order valence-corrected chi connectivity index (χ3v) is 6.53. The third-order valence-electron chi connectivity index (χ3n) is 5.24. The molecule has 4 atom stereocenters. The lowest BCUT2D eigenvalue weighted by atomic mass is 10.1. The minimum absolute atomic E-state index is 0.0706. The number of aromatic nitrogens is 4. The number of nitrogens with one attached hydrogen (secondary N) is 1. The summed E-state index contributed by atoms with van der Waals surface area (Å²) in [5.74, 6) is 0.124. The molecule has 2 aromatic heterocycles. The van der Waals surface area contributed by atoms with E-state index in [1.165, 1.54) is 29.4 Å². The highest BCUT2D eigenvalue weighted by atomic mass is 32.2. The van der Waals surface area contributed by atoms with E-state index < -0.39 is 41.3 Å². The molecule has 1 aromatic carbocycles. The predicted molar refractivity (Wildman–Crippen MR) is 115 cm³/mol. The molecular formula is C20H19N5O9S. The fourth-order valence-electron chi connectivity index (χ4n) is 3.63. The molecule has 3 aromatic rings. The summed E-state index contributed by atoms with van der Waals surface area (Å²) >= 11 is 0. The van der Waals surface area contributed by atoms with Gasteiger partial charge in [-0.25, -0.2) is 15.0 Å². The van der Waals surface area contributed by atoms with Crippen molar-refractivity contribution in [2.45, 2.75) is 36.4 Å². The summed E-state index contributed by atoms with van der Waals surface area (Å²) < 4.78 is 47.9. The van der Waals surface area contributed by atoms with Gasteiger partial charge in [0.2, 0.25) is 6.41 Å². The maximum Gasteiger partial charge on any atom is 0.297 e. The Balaban J connectivity index is 1.63. The van der Waals surface area contributed by atoms with E-state index >= 15 is 0 Å². The van der Waals surface area contributed by atoms with Gasteiger partial charge in [-0.2, -0.15) is 8.42 Å². The normalized spacial score (nSPS) is 22.0. The highest BCUT2D eigenvalue weighted by Gasteiger charge is 2.50. The van der Waals surface area contributed by atoms with Gasteiger partial charge in [0.15, 0.2) is 35.4 Å². The molecule has 1 fully saturated rings. The Morgan fingerprint density at radius 2 is 1.77 bits per heavy atom. The molecule has 35 heavy (non-hydrogen) atoms. The van der Waals surface area contributed by atoms with Gasteiger partial charge in [0.25, 0.3) is 23.1 Å². The van der Waals surface area contributed by atoms with E-state index in [-0.39, 0.29) is 34.8 Å². The first-order valence-electron chi connectivity index (χ1n) is 10.1. The lowest BCUT2D eigenvalue weighted by molar-refractivity contribution is -0.151. The first-order valence-corrected chi connectivity index (χ1v) is 11.5. The first-order chi connectivity index (χ1) is 16.9. The summed E-state index contributed by atoms with van der Waals surface area (Å²) in [6.45, 7) is 1.52. The number of benzene rings is 1. The average Bonchev–Trinajstić information content (AvgIpc) is 3.41. The van der Waals surface area contributed by atoms with Gasteiger partial charge in [0.05, 0.1) is 17.8 Å². The number of anilines is 1. The van der Waals surface area contributed by atoms with Crippen LogP contribution in [-0.2, 0) is 42.9 Å². The molecule has 0 aliphatic carbocycles. The van der Waals surface area contributed by atoms with Gasteiger partial charge in [0, 0.05) is 0 Å². The molecule has 0 bridgehead atoms. The molecule has 1 aliphatic rings. The molecule has 15 heteroatoms. The van der Waals surface area contributed by atoms with Gasteiger partial charge in [-0.1, -0.05) is 17.7 Å². The summed E-state index contributed by atoms with van der Waals surface area (Å²) in [5.41, 5.74) is 1.28. The SMILES string of the molecule is Cc1ccc(S(=O)(=O)OC[C@H]2O[C@@H](n3cnc4c(NC=O)ncnc43)[C@@H](OC=O)[C@@H]2OC=O)cc1. The second-order valence-corrected chi connectivity index (χ2v) is 8.93. The van der Waals surface area contributed by atoms with E-state index in [4.69, 9.17) is 18.4 Å². The standard InChI is InChI=1S/C20H19N5O9S/c1-12-2-4-13(5-3-12)35(29,30)33-6-14-16(31-10-27)17(32-11-28)20(34-14)25-8-23-15-18(24-9-26)21-7-22-19(15)25/h2-5,7-11,14,16-17,20H,6H2,1H3,(H,21,22,24,26)/t14-,16-,17+,20-/m1/s1. The number of hydrogen-bond acceptors (Lipinski definition) is 12. The number of aryl methyl sites for hydroxylation is 1. The zero-order chi connectivity index (χ0) is 25.0. The molecule has 1 aliphatic heterocycles. The molecule has 1 N–H and O–H groups in total. The first kappa shape index (κ1) is 24.2. The molecule has 0 saturated carbocycles. The van der Waals surface area contributed by atoms with Crippen molar-refractivity contribution < 1.29 is 41.2 Å². The van der Waals surface area contributed by atoms with E-state index in [9.17, 15) is 22.8 Å². The quantitative estimate of drug-likeness (QED) is 0.275. The van der Waals surface area contributed by atoms with Crippen molar-refractivity contribution in [3.63, 3.8) is 0 Å². The van der Waals surface area contributed by atoms with Crippen molar-refractivity contribution in [3.05, 3.63) is 42.5 Å². The number of amides is 1. The van der Waals surface area contributed by atoms with Crippen LogP contribution in [0.15, 0.2) is 41.8 Å². The van der Waals surface area contributed by atoms with Crippen LogP contribution >= 0.6 is 0 Å². The molecular weight excluding hydrogens is 486 g/mol. The smallest absolute Gasteiger partial charge is 0.297 e. The molecule has 14 nitrogen and oxygen atoms in total. The summed E-state index contributed by atoms with van der Waals surface area (Å²) in [6.07, 6.45) is -1.82. The largest absolute Gasteiger partial charge is 0.458 e. The van der Waals surface area contributed by atoms with E-state index in [0.29, 0.717) is 6.41 Å². The Bertz CT molecular complexity index is 1330. The van der Waals surface area contributed by atoms with Crippen molar-refractivity contribution >= 4 is 46.5 Å². The van der Waals surface area contributed by atoms with Gasteiger partial charge >= 0.3 is 0 Å². The van der Waals surface area contributed by atoms with Crippen molar-refractivity contribution in [3.8, 4) is 0 Å². The highest BCUT2D eigenvalue weighted by molar-refractivity contribution is 7.86. The van der Waals surface area contributed by atoms with Gasteiger partial charge in [-0.3, -0.25) is 23.1 Å². The second-order valence-electron chi connectivity index (χ2n) is 7.32. The van der Waals surface area contributed by atoms with E-state index in [1.807, 2.05) is 0 Å². The number of fused-ring (bicyclic) bond motifs is 1. The molecule has 1 saturated heterocycles. The van der Waals surface area contributed by atoms with Crippen LogP contribution in [0.3, 0.4) is 0 Å². The second kappa shape index (κ2) is 10.1. The van der Waals surface area contributed by atoms with Crippen LogP contribution in [0.2, 0.25) is 0 Å². The Hall–Kier alpha value is -3.95. The zero-order valence-corrected chi connectivity index (χ0v) is 18.9. The molecule has 4 rings (SSSR count). The minimum atomic E-state index is -4.17. The summed E-state index contributed by atoms with van der Waals surface area (Å²) in [5, 5.41) is 2.39. The Morgan fingerprint density at radius 1 is 1.06 bits per heavy atom. The number of carbonyl (C=O) groups excluding carboxylic acids is 3. The van der Waals surface area contributed by atoms with Crippen LogP contribution in [-0.4, -0.2) is 72.2 Å². The topological polar surface area (TPSA) is 178 Å². The maximum absolute atomic E-state index is 12.6. The van der Waals surface area contributed by atoms with Gasteiger partial charge in [0.1, 0.15) is 12.4 Å². The van der Waals surface area contributed by atoms with Gasteiger partial charge < -0.3 is 19.5 Å². The van der Waals surface area contributed by atoms with Crippen molar-refractivity contribution in [1.82, 2.24) is 19.5 Å². The fraction of sp³-hybridized carbons (Fsp3) is 0.300. The fourth-order valence-corrected chi connectivity index (χ4v) is 4.55. The van der Waals surface area contributed by atoms with Crippen molar-refractivity contribution in [1.29, 1.82) is 0 Å². The third kappa shape index (κ3) is 4.82. The molecule has 0 spiro atoms. The number of imidazole rings is 1. The summed E-state index contributed by atoms with van der Waals surface area (Å²) in [6, 6.07) is 6.01. The number of rotatable bonds is 11. The van der Waals surface area contributed by atoms with Crippen LogP contribution in [0.25, 0.3) is 11.2 Å². The minimum Gasteiger partial charge on any atom is -0.458 e. The van der Waals surface area contributed by atoms with Crippen LogP contribution in [0.4, 0.5) is 5.82 Å². The number of nitrogens with zero attached hydrogens (tertiary/aromatic N) is 4. The molecule has 3 heterocycles. The van der Waals surface area contributed by atoms with Crippen LogP contribution in [0.1, 0.15) is 11.8 Å². The monoisotopic (exact) mass is 505 g/mol. The number of ether oxygens (including phenoxy) is 3.